The largest absolute Gasteiger partial charge is 0.453 e. The van der Waals surface area contributed by atoms with Crippen LogP contribution in [0.2, 0.25) is 5.02 Å². The first-order valence-corrected chi connectivity index (χ1v) is 9.89. The summed E-state index contributed by atoms with van der Waals surface area (Å²) in [6.45, 7) is 3.93. The van der Waals surface area contributed by atoms with E-state index in [-0.39, 0.29) is 18.4 Å². The fourth-order valence-corrected chi connectivity index (χ4v) is 3.86. The highest BCUT2D eigenvalue weighted by molar-refractivity contribution is 6.31. The van der Waals surface area contributed by atoms with Gasteiger partial charge in [0.2, 0.25) is 5.78 Å². The number of hydrogen-bond donors (Lipinski definition) is 1. The average molecular weight is 399 g/mol. The van der Waals surface area contributed by atoms with Crippen molar-refractivity contribution < 1.29 is 13.9 Å². The van der Waals surface area contributed by atoms with E-state index >= 15 is 0 Å². The molecule has 28 heavy (non-hydrogen) atoms. The number of morpholine rings is 1. The molecule has 1 fully saturated rings. The molecule has 2 heterocycles. The molecule has 1 aliphatic rings. The summed E-state index contributed by atoms with van der Waals surface area (Å²) in [5, 5.41) is 4.98. The van der Waals surface area contributed by atoms with Crippen molar-refractivity contribution >= 4 is 28.4 Å². The third-order valence-electron chi connectivity index (χ3n) is 5.07. The maximum absolute atomic E-state index is 12.6. The van der Waals surface area contributed by atoms with Gasteiger partial charge in [-0.25, -0.2) is 0 Å². The Labute approximate surface area is 169 Å². The van der Waals surface area contributed by atoms with Crippen LogP contribution >= 0.6 is 11.6 Å². The van der Waals surface area contributed by atoms with Crippen molar-refractivity contribution in [2.75, 3.05) is 39.4 Å². The zero-order chi connectivity index (χ0) is 19.3. The van der Waals surface area contributed by atoms with Gasteiger partial charge in [-0.3, -0.25) is 9.69 Å². The van der Waals surface area contributed by atoms with E-state index in [9.17, 15) is 4.79 Å². The molecular formula is C22H23ClN2O3. The number of carbonyl (C=O) groups excluding carboxylic acids is 1. The normalized spacial score (nSPS) is 16.3. The van der Waals surface area contributed by atoms with E-state index in [0.717, 1.165) is 34.6 Å². The van der Waals surface area contributed by atoms with Crippen molar-refractivity contribution in [3.63, 3.8) is 0 Å². The van der Waals surface area contributed by atoms with Gasteiger partial charge in [0, 0.05) is 36.1 Å². The Morgan fingerprint density at radius 1 is 1.11 bits per heavy atom. The van der Waals surface area contributed by atoms with Crippen LogP contribution in [0.4, 0.5) is 0 Å². The van der Waals surface area contributed by atoms with Gasteiger partial charge in [0.05, 0.1) is 19.8 Å². The summed E-state index contributed by atoms with van der Waals surface area (Å²) in [6, 6.07) is 17.4. The number of hydrogen-bond acceptors (Lipinski definition) is 5. The zero-order valence-corrected chi connectivity index (χ0v) is 16.3. The third kappa shape index (κ3) is 4.28. The van der Waals surface area contributed by atoms with Crippen molar-refractivity contribution in [2.24, 2.45) is 0 Å². The van der Waals surface area contributed by atoms with Crippen molar-refractivity contribution in [1.29, 1.82) is 0 Å². The molecule has 3 aromatic rings. The second kappa shape index (κ2) is 8.88. The van der Waals surface area contributed by atoms with Gasteiger partial charge in [0.1, 0.15) is 5.58 Å². The fourth-order valence-electron chi connectivity index (χ4n) is 3.60. The highest BCUT2D eigenvalue weighted by atomic mass is 35.5. The van der Waals surface area contributed by atoms with Crippen LogP contribution in [0.5, 0.6) is 0 Å². The zero-order valence-electron chi connectivity index (χ0n) is 15.6. The molecule has 4 rings (SSSR count). The van der Waals surface area contributed by atoms with Gasteiger partial charge < -0.3 is 14.5 Å². The predicted octanol–water partition coefficient (Wildman–Crippen LogP) is 3.93. The molecule has 1 atom stereocenters. The van der Waals surface area contributed by atoms with E-state index in [2.05, 4.69) is 10.2 Å². The van der Waals surface area contributed by atoms with Crippen LogP contribution in [0, 0.1) is 0 Å². The number of nitrogens with one attached hydrogen (secondary N) is 1. The first-order chi connectivity index (χ1) is 13.7. The van der Waals surface area contributed by atoms with Crippen molar-refractivity contribution in [3.05, 3.63) is 70.9 Å². The molecule has 5 nitrogen and oxygen atoms in total. The second-order valence-electron chi connectivity index (χ2n) is 6.89. The second-order valence-corrected chi connectivity index (χ2v) is 7.30. The summed E-state index contributed by atoms with van der Waals surface area (Å²) in [5.74, 6) is 0.324. The lowest BCUT2D eigenvalue weighted by Crippen LogP contribution is -2.43. The number of furan rings is 1. The monoisotopic (exact) mass is 398 g/mol. The number of para-hydroxylation sites is 1. The number of nitrogens with zero attached hydrogens (tertiary/aromatic N) is 1. The molecule has 0 saturated carbocycles. The molecule has 0 bridgehead atoms. The van der Waals surface area contributed by atoms with E-state index in [4.69, 9.17) is 20.8 Å². The van der Waals surface area contributed by atoms with Crippen LogP contribution in [0.15, 0.2) is 59.0 Å². The smallest absolute Gasteiger partial charge is 0.211 e. The molecule has 0 spiro atoms. The summed E-state index contributed by atoms with van der Waals surface area (Å²) in [4.78, 5) is 14.9. The van der Waals surface area contributed by atoms with E-state index in [1.165, 1.54) is 0 Å². The number of Topliss-reactive ketones (excluding diaryl/α,β-unsaturated/α-hetero) is 1. The van der Waals surface area contributed by atoms with Gasteiger partial charge in [0.15, 0.2) is 5.76 Å². The molecule has 6 heteroatoms. The summed E-state index contributed by atoms with van der Waals surface area (Å²) in [6.07, 6.45) is 0. The topological polar surface area (TPSA) is 54.7 Å². The molecule has 146 valence electrons. The molecule has 1 aliphatic heterocycles. The van der Waals surface area contributed by atoms with E-state index in [1.54, 1.807) is 6.07 Å². The minimum absolute atomic E-state index is 0.0592. The van der Waals surface area contributed by atoms with Gasteiger partial charge >= 0.3 is 0 Å². The van der Waals surface area contributed by atoms with Crippen LogP contribution < -0.4 is 5.32 Å². The standard InChI is InChI=1S/C22H23ClN2O3/c23-18-7-3-2-6-17(18)19(25-9-11-27-12-10-25)14-24-15-20(26)22-13-16-5-1-4-8-21(16)28-22/h1-8,13,19,24H,9-12,14-15H2. The molecule has 2 aromatic carbocycles. The van der Waals surface area contributed by atoms with E-state index in [0.29, 0.717) is 25.5 Å². The predicted molar refractivity (Wildman–Crippen MR) is 110 cm³/mol. The first-order valence-electron chi connectivity index (χ1n) is 9.51. The minimum atomic E-state index is -0.0592. The molecule has 0 amide bonds. The van der Waals surface area contributed by atoms with Crippen molar-refractivity contribution in [2.45, 2.75) is 6.04 Å². The summed E-state index contributed by atoms with van der Waals surface area (Å²) >= 11 is 6.45. The Hall–Kier alpha value is -2.18. The van der Waals surface area contributed by atoms with E-state index < -0.39 is 0 Å². The minimum Gasteiger partial charge on any atom is -0.453 e. The molecular weight excluding hydrogens is 376 g/mol. The third-order valence-corrected chi connectivity index (χ3v) is 5.42. The quantitative estimate of drug-likeness (QED) is 0.611. The Bertz CT molecular complexity index is 917. The van der Waals surface area contributed by atoms with Gasteiger partial charge in [-0.15, -0.1) is 0 Å². The molecule has 0 aliphatic carbocycles. The Morgan fingerprint density at radius 2 is 1.86 bits per heavy atom. The lowest BCUT2D eigenvalue weighted by molar-refractivity contribution is 0.0162. The number of fused-ring (bicyclic) bond motifs is 1. The summed E-state index contributed by atoms with van der Waals surface area (Å²) in [7, 11) is 0. The number of ketones is 1. The average Bonchev–Trinajstić information content (AvgIpc) is 3.17. The number of rotatable bonds is 7. The Morgan fingerprint density at radius 3 is 2.64 bits per heavy atom. The van der Waals surface area contributed by atoms with Crippen molar-refractivity contribution in [3.8, 4) is 0 Å². The highest BCUT2D eigenvalue weighted by Crippen LogP contribution is 2.28. The maximum Gasteiger partial charge on any atom is 0.211 e. The van der Waals surface area contributed by atoms with Crippen LogP contribution in [-0.2, 0) is 4.74 Å². The van der Waals surface area contributed by atoms with Crippen molar-refractivity contribution in [1.82, 2.24) is 10.2 Å². The number of benzene rings is 2. The highest BCUT2D eigenvalue weighted by Gasteiger charge is 2.24. The molecule has 1 unspecified atom stereocenters. The maximum atomic E-state index is 12.6. The molecule has 0 radical (unpaired) electrons. The van der Waals surface area contributed by atoms with Crippen LogP contribution in [-0.4, -0.2) is 50.1 Å². The molecule has 1 saturated heterocycles. The van der Waals surface area contributed by atoms with Crippen LogP contribution in [0.3, 0.4) is 0 Å². The number of carbonyl (C=O) groups is 1. The van der Waals surface area contributed by atoms with Gasteiger partial charge in [0.25, 0.3) is 0 Å². The molecule has 1 aromatic heterocycles. The summed E-state index contributed by atoms with van der Waals surface area (Å²) < 4.78 is 11.2. The Kier molecular flexibility index (Phi) is 6.07. The molecule has 1 N–H and O–H groups in total. The number of halogens is 1. The van der Waals surface area contributed by atoms with Crippen LogP contribution in [0.1, 0.15) is 22.2 Å². The lowest BCUT2D eigenvalue weighted by atomic mass is 10.0. The van der Waals surface area contributed by atoms with Gasteiger partial charge in [-0.2, -0.15) is 0 Å². The van der Waals surface area contributed by atoms with Crippen LogP contribution in [0.25, 0.3) is 11.0 Å². The van der Waals surface area contributed by atoms with Gasteiger partial charge in [-0.1, -0.05) is 48.0 Å². The first kappa shape index (κ1) is 19.2. The Balaban J connectivity index is 1.43. The van der Waals surface area contributed by atoms with E-state index in [1.807, 2.05) is 48.5 Å². The van der Waals surface area contributed by atoms with Gasteiger partial charge in [-0.05, 0) is 23.8 Å². The fraction of sp³-hybridized carbons (Fsp3) is 0.318. The SMILES string of the molecule is O=C(CNCC(c1ccccc1Cl)N1CCOCC1)c1cc2ccccc2o1. The lowest BCUT2D eigenvalue weighted by Gasteiger charge is -2.35. The number of ether oxygens (including phenoxy) is 1. The summed E-state index contributed by atoms with van der Waals surface area (Å²) in [5.41, 5.74) is 1.79.